The van der Waals surface area contributed by atoms with E-state index in [1.165, 1.54) is 21.1 Å². The number of Topliss-reactive ketones (excluding diaryl/α,β-unsaturated/α-hetero) is 1. The van der Waals surface area contributed by atoms with Crippen LogP contribution in [-0.2, 0) is 62.4 Å². The SMILES string of the molecule is CC[C@H]1OC(=O)[C@H](C)[C@@H](O[C@H]2C[C@@](C)(OC)[C@@H](O)[C@H](C)O2)[C@H](C)[C@@H](O[C@@H]2O[C@H](C)C[C@H](N(C)Cc3ccc(-c4cn(CCCCCCCn5cccc(O)c5=S)nn4)cc3)[C@H]2O)[C@](C)(OC)C[C@@H](C)C(=O)[C@H](C)[C@@H](O)[C@]1(C)O. The standard InChI is InChI=1S/C58H91N5O14S/c1-14-45-58(10,70)50(67)36(4)47(65)34(2)30-57(9,72-13)52(37(5)49(38(6)54(69)75-45)76-46-31-56(8,71-12)51(68)39(7)74-46)77-55-48(66)43(29-35(3)73-55)61(11)32-40-22-24-41(25-23-40)42-33-63(60-59-42)28-19-17-15-16-18-26-62-27-20-21-44(64)53(62)78/h20-25,27,33-39,43,45-46,48-52,55,64,66-68,70H,14-19,26,28-32H2,1-13H3/t34-,35-,36+,37+,38-,39+,43+,45-,46+,48-,49+,50-,51+,52-,55+,56-,57-,58-/m1/s1. The third-order valence-corrected chi connectivity index (χ3v) is 17.6. The van der Waals surface area contributed by atoms with Crippen LogP contribution in [0.15, 0.2) is 48.8 Å². The number of benzene rings is 1. The first-order valence-corrected chi connectivity index (χ1v) is 28.5. The fourth-order valence-electron chi connectivity index (χ4n) is 12.0. The van der Waals surface area contributed by atoms with E-state index in [0.717, 1.165) is 62.0 Å². The number of methoxy groups -OCH3 is 2. The second kappa shape index (κ2) is 27.3. The molecule has 3 saturated heterocycles. The predicted molar refractivity (Wildman–Crippen MR) is 294 cm³/mol. The van der Waals surface area contributed by atoms with Gasteiger partial charge in [0.05, 0.1) is 53.8 Å². The van der Waals surface area contributed by atoms with E-state index in [9.17, 15) is 35.1 Å². The van der Waals surface area contributed by atoms with Crippen molar-refractivity contribution in [3.63, 3.8) is 0 Å². The van der Waals surface area contributed by atoms with Crippen LogP contribution in [0, 0.1) is 28.3 Å². The summed E-state index contributed by atoms with van der Waals surface area (Å²) in [5, 5.41) is 65.7. The number of nitrogens with zero attached hydrogens (tertiary/aromatic N) is 5. The van der Waals surface area contributed by atoms with Crippen molar-refractivity contribution >= 4 is 24.0 Å². The number of ether oxygens (including phenoxy) is 7. The number of unbranched alkanes of at least 4 members (excludes halogenated alkanes) is 4. The summed E-state index contributed by atoms with van der Waals surface area (Å²) in [6.45, 7) is 19.1. The van der Waals surface area contributed by atoms with Gasteiger partial charge in [0.2, 0.25) is 0 Å². The van der Waals surface area contributed by atoms with E-state index in [2.05, 4.69) is 15.2 Å². The van der Waals surface area contributed by atoms with E-state index < -0.39 is 108 Å². The Balaban J connectivity index is 1.19. The van der Waals surface area contributed by atoms with Gasteiger partial charge in [0.1, 0.15) is 45.8 Å². The van der Waals surface area contributed by atoms with E-state index >= 15 is 0 Å². The molecule has 78 heavy (non-hydrogen) atoms. The van der Waals surface area contributed by atoms with Gasteiger partial charge in [-0.15, -0.1) is 5.10 Å². The van der Waals surface area contributed by atoms with Crippen molar-refractivity contribution in [3.05, 3.63) is 59.0 Å². The van der Waals surface area contributed by atoms with Gasteiger partial charge in [-0.1, -0.05) is 88.7 Å². The zero-order valence-electron chi connectivity index (χ0n) is 48.3. The minimum absolute atomic E-state index is 0.0686. The molecule has 6 rings (SSSR count). The fraction of sp³-hybridized carbons (Fsp3) is 0.741. The molecule has 5 heterocycles. The van der Waals surface area contributed by atoms with Crippen molar-refractivity contribution in [2.45, 2.75) is 231 Å². The maximum Gasteiger partial charge on any atom is 0.311 e. The van der Waals surface area contributed by atoms with Gasteiger partial charge in [-0.25, -0.2) is 0 Å². The molecule has 1 aromatic carbocycles. The van der Waals surface area contributed by atoms with E-state index in [4.69, 9.17) is 45.4 Å². The van der Waals surface area contributed by atoms with Crippen LogP contribution in [0.1, 0.15) is 133 Å². The van der Waals surface area contributed by atoms with Crippen LogP contribution in [0.2, 0.25) is 0 Å². The molecule has 438 valence electrons. The van der Waals surface area contributed by atoms with Gasteiger partial charge in [-0.3, -0.25) is 19.2 Å². The Morgan fingerprint density at radius 1 is 0.846 bits per heavy atom. The Morgan fingerprint density at radius 2 is 1.50 bits per heavy atom. The van der Waals surface area contributed by atoms with E-state index in [1.807, 2.05) is 66.8 Å². The minimum Gasteiger partial charge on any atom is -0.505 e. The molecule has 5 N–H and O–H groups in total. The van der Waals surface area contributed by atoms with Crippen molar-refractivity contribution in [2.75, 3.05) is 21.3 Å². The number of rotatable bonds is 19. The Kier molecular flexibility index (Phi) is 22.2. The summed E-state index contributed by atoms with van der Waals surface area (Å²) >= 11 is 5.31. The quantitative estimate of drug-likeness (QED) is 0.0455. The van der Waals surface area contributed by atoms with Gasteiger partial charge in [0.25, 0.3) is 0 Å². The summed E-state index contributed by atoms with van der Waals surface area (Å²) in [7, 11) is 4.97. The maximum absolute atomic E-state index is 14.5. The number of cyclic esters (lactones) is 1. The highest BCUT2D eigenvalue weighted by Crippen LogP contribution is 2.42. The molecule has 0 spiro atoms. The van der Waals surface area contributed by atoms with Gasteiger partial charge < -0.3 is 63.3 Å². The molecule has 0 amide bonds. The molecule has 0 radical (unpaired) electrons. The largest absolute Gasteiger partial charge is 0.505 e. The summed E-state index contributed by atoms with van der Waals surface area (Å²) in [4.78, 5) is 30.9. The number of aliphatic hydroxyl groups is 4. The first kappa shape index (κ1) is 63.4. The van der Waals surface area contributed by atoms with Crippen LogP contribution in [-0.4, -0.2) is 167 Å². The first-order valence-electron chi connectivity index (χ1n) is 28.1. The molecular weight excluding hydrogens is 1020 g/mol. The third-order valence-electron chi connectivity index (χ3n) is 17.2. The van der Waals surface area contributed by atoms with Crippen LogP contribution >= 0.6 is 12.2 Å². The number of carbonyl (C=O) groups is 2. The number of esters is 1. The monoisotopic (exact) mass is 1110 g/mol. The molecule has 3 aliphatic rings. The van der Waals surface area contributed by atoms with Crippen LogP contribution in [0.25, 0.3) is 11.3 Å². The third kappa shape index (κ3) is 14.8. The van der Waals surface area contributed by atoms with Gasteiger partial charge >= 0.3 is 5.97 Å². The topological polar surface area (TPSA) is 239 Å². The van der Waals surface area contributed by atoms with Crippen LogP contribution in [0.5, 0.6) is 5.75 Å². The summed E-state index contributed by atoms with van der Waals surface area (Å²) in [6.07, 6.45) is -0.533. The number of aryl methyl sites for hydroxylation is 2. The summed E-state index contributed by atoms with van der Waals surface area (Å²) in [5.74, 6) is -4.59. The molecule has 0 unspecified atom stereocenters. The van der Waals surface area contributed by atoms with Crippen molar-refractivity contribution in [2.24, 2.45) is 23.7 Å². The molecule has 0 aliphatic carbocycles. The minimum atomic E-state index is -2.00. The van der Waals surface area contributed by atoms with Crippen molar-refractivity contribution in [3.8, 4) is 17.0 Å². The van der Waals surface area contributed by atoms with Gasteiger partial charge in [0.15, 0.2) is 12.6 Å². The smallest absolute Gasteiger partial charge is 0.311 e. The maximum atomic E-state index is 14.5. The Hall–Kier alpha value is -3.77. The lowest BCUT2D eigenvalue weighted by atomic mass is 9.74. The molecule has 0 saturated carbocycles. The molecule has 18 atom stereocenters. The Morgan fingerprint density at radius 3 is 2.15 bits per heavy atom. The molecule has 3 aromatic rings. The Labute approximate surface area is 466 Å². The lowest BCUT2D eigenvalue weighted by Gasteiger charge is -2.50. The summed E-state index contributed by atoms with van der Waals surface area (Å²) in [6, 6.07) is 11.1. The molecule has 20 heteroatoms. The fourth-order valence-corrected chi connectivity index (χ4v) is 12.2. The van der Waals surface area contributed by atoms with E-state index in [1.54, 1.807) is 60.6 Å². The van der Waals surface area contributed by atoms with Crippen molar-refractivity contribution in [1.82, 2.24) is 24.5 Å². The normalized spacial score (nSPS) is 36.6. The second-order valence-corrected chi connectivity index (χ2v) is 23.7. The molecule has 19 nitrogen and oxygen atoms in total. The molecule has 3 fully saturated rings. The zero-order chi connectivity index (χ0) is 57.4. The van der Waals surface area contributed by atoms with E-state index in [-0.39, 0.29) is 36.9 Å². The number of aromatic nitrogens is 4. The summed E-state index contributed by atoms with van der Waals surface area (Å²) < 4.78 is 49.2. The first-order chi connectivity index (χ1) is 36.8. The highest BCUT2D eigenvalue weighted by atomic mass is 32.1. The average Bonchev–Trinajstić information content (AvgIpc) is 3.92. The van der Waals surface area contributed by atoms with E-state index in [0.29, 0.717) is 17.6 Å². The lowest BCUT2D eigenvalue weighted by molar-refractivity contribution is -0.319. The number of aromatic hydroxyl groups is 1. The number of aliphatic hydroxyl groups excluding tert-OH is 3. The molecular formula is C58H91N5O14S. The highest BCUT2D eigenvalue weighted by Gasteiger charge is 2.54. The zero-order valence-corrected chi connectivity index (χ0v) is 49.1. The second-order valence-electron chi connectivity index (χ2n) is 23.3. The van der Waals surface area contributed by atoms with Gasteiger partial charge in [-0.05, 0) is 98.4 Å². The average molecular weight is 1110 g/mol. The van der Waals surface area contributed by atoms with Crippen molar-refractivity contribution < 1.29 is 68.3 Å². The summed E-state index contributed by atoms with van der Waals surface area (Å²) in [5.41, 5.74) is -1.68. The highest BCUT2D eigenvalue weighted by molar-refractivity contribution is 7.71. The molecule has 3 aliphatic heterocycles. The predicted octanol–water partition coefficient (Wildman–Crippen LogP) is 7.16. The lowest BCUT2D eigenvalue weighted by Crippen LogP contribution is -2.61. The Bertz CT molecular complexity index is 2460. The number of pyridine rings is 1. The van der Waals surface area contributed by atoms with Gasteiger partial charge in [-0.2, -0.15) is 0 Å². The number of likely N-dealkylation sites (N-methyl/N-ethyl adjacent to an activating group) is 1. The number of ketones is 1. The molecule has 0 bridgehead atoms. The van der Waals surface area contributed by atoms with Crippen LogP contribution in [0.4, 0.5) is 0 Å². The van der Waals surface area contributed by atoms with Crippen LogP contribution < -0.4 is 0 Å². The van der Waals surface area contributed by atoms with Gasteiger partial charge in [0, 0.05) is 75.8 Å². The van der Waals surface area contributed by atoms with Crippen LogP contribution in [0.3, 0.4) is 0 Å². The number of hydrogen-bond donors (Lipinski definition) is 5. The number of hydrogen-bond acceptors (Lipinski definition) is 18. The number of carbonyl (C=O) groups excluding carboxylic acids is 2. The molecule has 2 aromatic heterocycles. The van der Waals surface area contributed by atoms with Crippen molar-refractivity contribution in [1.29, 1.82) is 0 Å².